The maximum absolute atomic E-state index is 6.33. The predicted octanol–water partition coefficient (Wildman–Crippen LogP) is 4.01. The Morgan fingerprint density at radius 2 is 2.14 bits per heavy atom. The number of hydrogen-bond acceptors (Lipinski definition) is 4. The SMILES string of the molecule is C/C(=C/c1nc(C2(N)CCCC2)no1)c1cccc(Cl)c1. The third-order valence-electron chi connectivity index (χ3n) is 4.00. The van der Waals surface area contributed by atoms with Crippen LogP contribution in [0.15, 0.2) is 28.8 Å². The lowest BCUT2D eigenvalue weighted by Crippen LogP contribution is -2.34. The highest BCUT2D eigenvalue weighted by Crippen LogP contribution is 2.34. The summed E-state index contributed by atoms with van der Waals surface area (Å²) in [5, 5.41) is 4.76. The van der Waals surface area contributed by atoms with Crippen LogP contribution in [0.2, 0.25) is 5.02 Å². The Labute approximate surface area is 129 Å². The minimum Gasteiger partial charge on any atom is -0.335 e. The summed E-state index contributed by atoms with van der Waals surface area (Å²) in [4.78, 5) is 4.44. The molecule has 1 aromatic carbocycles. The molecular weight excluding hydrogens is 286 g/mol. The molecule has 1 aromatic heterocycles. The van der Waals surface area contributed by atoms with Crippen LogP contribution in [0.25, 0.3) is 11.6 Å². The summed E-state index contributed by atoms with van der Waals surface area (Å²) in [6, 6.07) is 7.67. The van der Waals surface area contributed by atoms with Crippen molar-refractivity contribution in [3.05, 3.63) is 46.6 Å². The molecule has 1 heterocycles. The van der Waals surface area contributed by atoms with E-state index in [4.69, 9.17) is 21.9 Å². The largest absolute Gasteiger partial charge is 0.335 e. The second-order valence-corrected chi connectivity index (χ2v) is 6.09. The molecule has 110 valence electrons. The molecule has 2 N–H and O–H groups in total. The summed E-state index contributed by atoms with van der Waals surface area (Å²) >= 11 is 6.01. The topological polar surface area (TPSA) is 64.9 Å². The second-order valence-electron chi connectivity index (χ2n) is 5.66. The van der Waals surface area contributed by atoms with E-state index >= 15 is 0 Å². The van der Waals surface area contributed by atoms with E-state index in [0.29, 0.717) is 16.7 Å². The van der Waals surface area contributed by atoms with Gasteiger partial charge in [-0.05, 0) is 43.0 Å². The van der Waals surface area contributed by atoms with Crippen LogP contribution in [0.3, 0.4) is 0 Å². The van der Waals surface area contributed by atoms with Gasteiger partial charge in [0.25, 0.3) is 5.89 Å². The number of hydrogen-bond donors (Lipinski definition) is 1. The average molecular weight is 304 g/mol. The fraction of sp³-hybridized carbons (Fsp3) is 0.375. The quantitative estimate of drug-likeness (QED) is 0.930. The molecular formula is C16H18ClN3O. The van der Waals surface area contributed by atoms with Gasteiger partial charge in [0.05, 0.1) is 5.54 Å². The third kappa shape index (κ3) is 3.01. The van der Waals surface area contributed by atoms with E-state index in [2.05, 4.69) is 10.1 Å². The summed E-state index contributed by atoms with van der Waals surface area (Å²) in [7, 11) is 0. The van der Waals surface area contributed by atoms with Crippen molar-refractivity contribution in [2.75, 3.05) is 0 Å². The highest BCUT2D eigenvalue weighted by atomic mass is 35.5. The van der Waals surface area contributed by atoms with Gasteiger partial charge in [0, 0.05) is 11.1 Å². The first-order valence-electron chi connectivity index (χ1n) is 7.14. The molecule has 2 aromatic rings. The summed E-state index contributed by atoms with van der Waals surface area (Å²) in [5.74, 6) is 1.10. The molecule has 1 aliphatic rings. The number of benzene rings is 1. The van der Waals surface area contributed by atoms with E-state index < -0.39 is 5.54 Å². The van der Waals surface area contributed by atoms with Crippen molar-refractivity contribution in [3.63, 3.8) is 0 Å². The summed E-state index contributed by atoms with van der Waals surface area (Å²) < 4.78 is 5.31. The number of nitrogens with zero attached hydrogens (tertiary/aromatic N) is 2. The standard InChI is InChI=1S/C16H18ClN3O/c1-11(12-5-4-6-13(17)10-12)9-14-19-15(20-21-14)16(18)7-2-3-8-16/h4-6,9-10H,2-3,7-8,18H2,1H3/b11-9-. The van der Waals surface area contributed by atoms with Crippen molar-refractivity contribution >= 4 is 23.3 Å². The lowest BCUT2D eigenvalue weighted by molar-refractivity contribution is 0.364. The van der Waals surface area contributed by atoms with Crippen molar-refractivity contribution in [1.29, 1.82) is 0 Å². The van der Waals surface area contributed by atoms with Crippen LogP contribution in [0.4, 0.5) is 0 Å². The van der Waals surface area contributed by atoms with Crippen molar-refractivity contribution in [1.82, 2.24) is 10.1 Å². The molecule has 0 spiro atoms. The Morgan fingerprint density at radius 3 is 2.86 bits per heavy atom. The monoisotopic (exact) mass is 303 g/mol. The molecule has 0 bridgehead atoms. The first kappa shape index (κ1) is 14.3. The molecule has 5 heteroatoms. The first-order valence-corrected chi connectivity index (χ1v) is 7.52. The number of halogens is 1. The molecule has 0 aliphatic heterocycles. The van der Waals surface area contributed by atoms with Crippen molar-refractivity contribution in [2.24, 2.45) is 5.73 Å². The Kier molecular flexibility index (Phi) is 3.83. The minimum absolute atomic E-state index is 0.417. The van der Waals surface area contributed by atoms with Crippen LogP contribution in [-0.2, 0) is 5.54 Å². The molecule has 0 amide bonds. The van der Waals surface area contributed by atoms with E-state index in [1.54, 1.807) is 0 Å². The van der Waals surface area contributed by atoms with Gasteiger partial charge in [-0.1, -0.05) is 41.7 Å². The Balaban J connectivity index is 1.85. The lowest BCUT2D eigenvalue weighted by Gasteiger charge is -2.17. The zero-order valence-electron chi connectivity index (χ0n) is 12.0. The van der Waals surface area contributed by atoms with Crippen LogP contribution in [0.1, 0.15) is 49.9 Å². The van der Waals surface area contributed by atoms with Crippen LogP contribution in [0.5, 0.6) is 0 Å². The first-order chi connectivity index (χ1) is 10.1. The summed E-state index contributed by atoms with van der Waals surface area (Å²) in [6.07, 6.45) is 5.95. The summed E-state index contributed by atoms with van der Waals surface area (Å²) in [5.41, 5.74) is 7.97. The normalized spacial score (nSPS) is 18.1. The molecule has 4 nitrogen and oxygen atoms in total. The fourth-order valence-electron chi connectivity index (χ4n) is 2.73. The molecule has 1 fully saturated rings. The second kappa shape index (κ2) is 5.62. The van der Waals surface area contributed by atoms with Gasteiger partial charge < -0.3 is 10.3 Å². The Bertz CT molecular complexity index is 672. The number of allylic oxidation sites excluding steroid dienone is 1. The van der Waals surface area contributed by atoms with Gasteiger partial charge in [-0.2, -0.15) is 4.98 Å². The maximum Gasteiger partial charge on any atom is 0.250 e. The number of nitrogens with two attached hydrogens (primary N) is 1. The Morgan fingerprint density at radius 1 is 1.38 bits per heavy atom. The molecule has 0 unspecified atom stereocenters. The van der Waals surface area contributed by atoms with E-state index in [9.17, 15) is 0 Å². The van der Waals surface area contributed by atoms with Gasteiger partial charge in [-0.25, -0.2) is 0 Å². The highest BCUT2D eigenvalue weighted by molar-refractivity contribution is 6.30. The number of rotatable bonds is 3. The van der Waals surface area contributed by atoms with Gasteiger partial charge in [0.2, 0.25) is 0 Å². The molecule has 1 saturated carbocycles. The average Bonchev–Trinajstić information content (AvgIpc) is 3.09. The summed E-state index contributed by atoms with van der Waals surface area (Å²) in [6.45, 7) is 1.99. The van der Waals surface area contributed by atoms with Crippen molar-refractivity contribution < 1.29 is 4.52 Å². The zero-order valence-corrected chi connectivity index (χ0v) is 12.7. The van der Waals surface area contributed by atoms with Crippen LogP contribution < -0.4 is 5.73 Å². The molecule has 3 rings (SSSR count). The van der Waals surface area contributed by atoms with E-state index in [0.717, 1.165) is 36.8 Å². The highest BCUT2D eigenvalue weighted by Gasteiger charge is 2.35. The predicted molar refractivity (Wildman–Crippen MR) is 83.6 cm³/mol. The zero-order chi connectivity index (χ0) is 14.9. The van der Waals surface area contributed by atoms with Crippen molar-refractivity contribution in [3.8, 4) is 0 Å². The van der Waals surface area contributed by atoms with Gasteiger partial charge in [-0.15, -0.1) is 0 Å². The molecule has 21 heavy (non-hydrogen) atoms. The molecule has 0 radical (unpaired) electrons. The van der Waals surface area contributed by atoms with Crippen LogP contribution in [0, 0.1) is 0 Å². The van der Waals surface area contributed by atoms with Gasteiger partial charge in [0.15, 0.2) is 5.82 Å². The molecule has 1 aliphatic carbocycles. The van der Waals surface area contributed by atoms with E-state index in [1.807, 2.05) is 37.3 Å². The van der Waals surface area contributed by atoms with Crippen LogP contribution in [-0.4, -0.2) is 10.1 Å². The van der Waals surface area contributed by atoms with Crippen LogP contribution >= 0.6 is 11.6 Å². The number of aromatic nitrogens is 2. The van der Waals surface area contributed by atoms with Gasteiger partial charge in [-0.3, -0.25) is 0 Å². The minimum atomic E-state index is -0.417. The van der Waals surface area contributed by atoms with E-state index in [-0.39, 0.29) is 0 Å². The molecule has 0 atom stereocenters. The van der Waals surface area contributed by atoms with E-state index in [1.165, 1.54) is 0 Å². The lowest BCUT2D eigenvalue weighted by atomic mass is 9.99. The molecule has 0 saturated heterocycles. The fourth-order valence-corrected chi connectivity index (χ4v) is 2.92. The van der Waals surface area contributed by atoms with Gasteiger partial charge in [0.1, 0.15) is 0 Å². The Hall–Kier alpha value is -1.65. The smallest absolute Gasteiger partial charge is 0.250 e. The maximum atomic E-state index is 6.33. The van der Waals surface area contributed by atoms with Gasteiger partial charge >= 0.3 is 0 Å². The van der Waals surface area contributed by atoms with Crippen molar-refractivity contribution in [2.45, 2.75) is 38.1 Å². The third-order valence-corrected chi connectivity index (χ3v) is 4.24.